The van der Waals surface area contributed by atoms with Crippen molar-refractivity contribution in [3.05, 3.63) is 130 Å². The molecule has 268 valence electrons. The number of aromatic nitrogens is 1. The van der Waals surface area contributed by atoms with Crippen LogP contribution in [0.5, 0.6) is 11.5 Å². The molecule has 5 aliphatic heterocycles. The van der Waals surface area contributed by atoms with Crippen LogP contribution in [0.25, 0.3) is 12.2 Å². The van der Waals surface area contributed by atoms with Crippen molar-refractivity contribution in [1.29, 1.82) is 0 Å². The Morgan fingerprint density at radius 1 is 0.849 bits per heavy atom. The molecule has 0 spiro atoms. The summed E-state index contributed by atoms with van der Waals surface area (Å²) in [5.74, 6) is 3.98. The largest absolute Gasteiger partial charge is 0.487 e. The van der Waals surface area contributed by atoms with E-state index >= 15 is 0 Å². The number of benzene rings is 2. The molecule has 8 bridgehead atoms. The van der Waals surface area contributed by atoms with Crippen molar-refractivity contribution in [3.63, 3.8) is 0 Å². The van der Waals surface area contributed by atoms with Gasteiger partial charge in [0.05, 0.1) is 41.7 Å². The van der Waals surface area contributed by atoms with Crippen molar-refractivity contribution >= 4 is 41.2 Å². The Hall–Kier alpha value is -6.19. The molecule has 1 aromatic heterocycles. The average molecular weight is 708 g/mol. The molecule has 8 rings (SSSR count). The molecule has 0 radical (unpaired) electrons. The van der Waals surface area contributed by atoms with Crippen LogP contribution >= 0.6 is 0 Å². The molecule has 6 heterocycles. The Balaban J connectivity index is 0.000000165. The zero-order valence-corrected chi connectivity index (χ0v) is 29.7. The first-order valence-corrected chi connectivity index (χ1v) is 17.3. The minimum atomic E-state index is -0.622. The van der Waals surface area contributed by atoms with E-state index in [0.717, 1.165) is 61.7 Å². The van der Waals surface area contributed by atoms with E-state index in [-0.39, 0.29) is 0 Å². The highest BCUT2D eigenvalue weighted by molar-refractivity contribution is 6.20. The van der Waals surface area contributed by atoms with Gasteiger partial charge in [0.15, 0.2) is 11.5 Å². The van der Waals surface area contributed by atoms with E-state index in [1.807, 2.05) is 103 Å². The Kier molecular flexibility index (Phi) is 10.6. The molecule has 1 atom stereocenters. The van der Waals surface area contributed by atoms with Crippen molar-refractivity contribution in [1.82, 2.24) is 10.3 Å². The number of hydrogen-bond donors (Lipinski definition) is 3. The van der Waals surface area contributed by atoms with E-state index in [9.17, 15) is 0 Å². The molecule has 0 amide bonds. The summed E-state index contributed by atoms with van der Waals surface area (Å²) < 4.78 is 21.9. The summed E-state index contributed by atoms with van der Waals surface area (Å²) in [6.45, 7) is 2.34. The third-order valence-electron chi connectivity index (χ3n) is 8.70. The maximum absolute atomic E-state index is 6.47. The Morgan fingerprint density at radius 2 is 1.55 bits per heavy atom. The number of methoxy groups -OCH3 is 2. The van der Waals surface area contributed by atoms with Crippen LogP contribution in [0.1, 0.15) is 17.5 Å². The normalized spacial score (nSPS) is 18.8. The predicted molar refractivity (Wildman–Crippen MR) is 211 cm³/mol. The third-order valence-corrected chi connectivity index (χ3v) is 8.70. The molecular weight excluding hydrogens is 667 g/mol. The van der Waals surface area contributed by atoms with Gasteiger partial charge in [0.2, 0.25) is 0 Å². The van der Waals surface area contributed by atoms with E-state index in [1.165, 1.54) is 0 Å². The fraction of sp³-hybridized carbons (Fsp3) is 0.214. The molecule has 5 aliphatic rings. The lowest BCUT2D eigenvalue weighted by molar-refractivity contribution is 0.132. The fourth-order valence-corrected chi connectivity index (χ4v) is 6.17. The van der Waals surface area contributed by atoms with Gasteiger partial charge in [0.1, 0.15) is 25.5 Å². The highest BCUT2D eigenvalue weighted by Crippen LogP contribution is 2.39. The number of aromatic amines is 1. The number of hydrogen-bond acceptors (Lipinski definition) is 10. The monoisotopic (exact) mass is 707 g/mol. The molecule has 0 fully saturated rings. The van der Waals surface area contributed by atoms with Crippen molar-refractivity contribution in [2.24, 2.45) is 20.7 Å². The van der Waals surface area contributed by atoms with Crippen molar-refractivity contribution in [3.8, 4) is 23.8 Å². The second kappa shape index (κ2) is 16.0. The highest BCUT2D eigenvalue weighted by Gasteiger charge is 2.28. The summed E-state index contributed by atoms with van der Waals surface area (Å²) in [4.78, 5) is 19.2. The van der Waals surface area contributed by atoms with E-state index in [1.54, 1.807) is 14.2 Å². The predicted octanol–water partition coefficient (Wildman–Crippen LogP) is 4.16. The Bertz CT molecular complexity index is 2300. The number of nitrogens with two attached hydrogens (primary N) is 1. The van der Waals surface area contributed by atoms with Crippen LogP contribution in [0, 0.1) is 12.3 Å². The smallest absolute Gasteiger partial charge is 0.163 e. The first kappa shape index (κ1) is 35.2. The lowest BCUT2D eigenvalue weighted by atomic mass is 10.1. The lowest BCUT2D eigenvalue weighted by Gasteiger charge is -2.29. The van der Waals surface area contributed by atoms with Crippen LogP contribution < -0.4 is 36.1 Å². The summed E-state index contributed by atoms with van der Waals surface area (Å²) in [5.41, 5.74) is 14.2. The lowest BCUT2D eigenvalue weighted by Crippen LogP contribution is -2.47. The third kappa shape index (κ3) is 8.65. The van der Waals surface area contributed by atoms with Gasteiger partial charge in [-0.2, -0.15) is 0 Å². The van der Waals surface area contributed by atoms with Crippen LogP contribution in [0.15, 0.2) is 123 Å². The van der Waals surface area contributed by atoms with E-state index in [4.69, 9.17) is 31.1 Å². The first-order chi connectivity index (χ1) is 25.9. The van der Waals surface area contributed by atoms with Gasteiger partial charge in [0, 0.05) is 66.1 Å². The highest BCUT2D eigenvalue weighted by atomic mass is 16.5. The zero-order chi connectivity index (χ0) is 36.6. The van der Waals surface area contributed by atoms with Gasteiger partial charge in [-0.3, -0.25) is 4.99 Å². The molecule has 1 unspecified atom stereocenters. The SMILES string of the molecule is C#Cc1cccc(N2CN=Cc3cc(OCCOC)c(OCCOC)cc32)c1.NC12C=C3C=CC(=N3)C=c3ccc([nH]3)=CC3=NC(=CC(=CC1)N2)C=C3. The van der Waals surface area contributed by atoms with Gasteiger partial charge in [-0.1, -0.05) is 18.1 Å². The summed E-state index contributed by atoms with van der Waals surface area (Å²) in [7, 11) is 3.28. The maximum atomic E-state index is 6.47. The maximum Gasteiger partial charge on any atom is 0.163 e. The van der Waals surface area contributed by atoms with E-state index in [0.29, 0.717) is 51.0 Å². The molecule has 11 nitrogen and oxygen atoms in total. The zero-order valence-electron chi connectivity index (χ0n) is 29.7. The summed E-state index contributed by atoms with van der Waals surface area (Å²) in [6.07, 6.45) is 26.3. The molecule has 11 heteroatoms. The minimum Gasteiger partial charge on any atom is -0.487 e. The van der Waals surface area contributed by atoms with Crippen molar-refractivity contribution in [2.45, 2.75) is 12.1 Å². The number of aliphatic imine (C=N–C) groups is 3. The standard InChI is InChI=1S/C22H24N2O4.C20H17N5/c1-4-17-6-5-7-19(12-17)24-16-23-15-18-13-21(27-10-8-25-2)22(14-20(18)24)28-11-9-26-3;21-20-8-7-18(25-20)11-17-4-3-14(23-17)9-13-1-2-15(22-13)10-16-5-6-19(12-20)24-16/h1,5-7,12-15H,8-11,16H2,2-3H3;1-7,9-12,22,25H,8,21H2. The number of rotatable bonds is 9. The van der Waals surface area contributed by atoms with Gasteiger partial charge in [-0.25, -0.2) is 9.98 Å². The van der Waals surface area contributed by atoms with Gasteiger partial charge in [-0.05, 0) is 85.0 Å². The molecule has 0 saturated heterocycles. The van der Waals surface area contributed by atoms with E-state index in [2.05, 4.69) is 42.2 Å². The number of nitrogens with one attached hydrogen (secondary N) is 2. The van der Waals surface area contributed by atoms with Gasteiger partial charge >= 0.3 is 0 Å². The summed E-state index contributed by atoms with van der Waals surface area (Å²) >= 11 is 0. The van der Waals surface area contributed by atoms with Gasteiger partial charge < -0.3 is 39.9 Å². The number of anilines is 2. The molecule has 4 N–H and O–H groups in total. The van der Waals surface area contributed by atoms with Crippen LogP contribution in [-0.2, 0) is 9.47 Å². The second-order valence-electron chi connectivity index (χ2n) is 12.7. The molecule has 0 saturated carbocycles. The Morgan fingerprint density at radius 3 is 2.26 bits per heavy atom. The van der Waals surface area contributed by atoms with Crippen LogP contribution in [0.4, 0.5) is 11.4 Å². The second-order valence-corrected chi connectivity index (χ2v) is 12.7. The molecular formula is C42H41N7O4. The van der Waals surface area contributed by atoms with Crippen LogP contribution in [0.2, 0.25) is 0 Å². The van der Waals surface area contributed by atoms with Crippen molar-refractivity contribution < 1.29 is 18.9 Å². The number of nitrogens with zero attached hydrogens (tertiary/aromatic N) is 4. The number of allylic oxidation sites excluding steroid dienone is 5. The number of fused-ring (bicyclic) bond motifs is 7. The number of H-pyrrole nitrogens is 1. The number of terminal acetylenes is 1. The minimum absolute atomic E-state index is 0.427. The molecule has 2 aromatic carbocycles. The summed E-state index contributed by atoms with van der Waals surface area (Å²) in [5, 5.41) is 5.39. The van der Waals surface area contributed by atoms with Crippen LogP contribution in [0.3, 0.4) is 0 Å². The van der Waals surface area contributed by atoms with E-state index < -0.39 is 5.66 Å². The molecule has 0 aliphatic carbocycles. The molecule has 3 aromatic rings. The topological polar surface area (TPSA) is 131 Å². The Labute approximate surface area is 308 Å². The molecule has 53 heavy (non-hydrogen) atoms. The fourth-order valence-electron chi connectivity index (χ4n) is 6.17. The summed E-state index contributed by atoms with van der Waals surface area (Å²) in [6, 6.07) is 15.8. The quantitative estimate of drug-likeness (QED) is 0.225. The van der Waals surface area contributed by atoms with Gasteiger partial charge in [-0.15, -0.1) is 6.42 Å². The van der Waals surface area contributed by atoms with Gasteiger partial charge in [0.25, 0.3) is 0 Å². The van der Waals surface area contributed by atoms with Crippen LogP contribution in [-0.4, -0.2) is 75.6 Å². The first-order valence-electron chi connectivity index (χ1n) is 17.3. The van der Waals surface area contributed by atoms with Crippen molar-refractivity contribution in [2.75, 3.05) is 52.2 Å². The average Bonchev–Trinajstić information content (AvgIpc) is 3.98. The number of ether oxygens (including phenoxy) is 4.